The van der Waals surface area contributed by atoms with Crippen LogP contribution in [0.15, 0.2) is 60.9 Å². The van der Waals surface area contributed by atoms with Gasteiger partial charge in [0, 0.05) is 34.4 Å². The SMILES string of the molecule is O=C(c1cccc(C(F)(F)F)n1)c1c[nH]c2cc(-c3ccc(C(F)(F)F)nc3)ccc12. The number of carbonyl (C=O) groups is 1. The standard InChI is InChI=1S/C21H11F6N3O/c22-20(23,24)17-7-5-12(9-29-17)11-4-6-13-14(10-28-16(13)8-11)19(31)15-2-1-3-18(30-15)21(25,26)27/h1-10,28H. The van der Waals surface area contributed by atoms with Gasteiger partial charge in [-0.15, -0.1) is 0 Å². The number of hydrogen-bond donors (Lipinski definition) is 1. The Bertz CT molecular complexity index is 1270. The molecule has 0 unspecified atom stereocenters. The summed E-state index contributed by atoms with van der Waals surface area (Å²) in [5.74, 6) is -0.693. The molecule has 0 spiro atoms. The van der Waals surface area contributed by atoms with Gasteiger partial charge in [0.1, 0.15) is 17.1 Å². The molecule has 1 aromatic carbocycles. The monoisotopic (exact) mass is 435 g/mol. The number of aromatic amines is 1. The molecule has 4 rings (SSSR count). The molecule has 0 aliphatic heterocycles. The Hall–Kier alpha value is -3.69. The van der Waals surface area contributed by atoms with Crippen LogP contribution in [-0.2, 0) is 12.4 Å². The molecule has 0 radical (unpaired) electrons. The van der Waals surface area contributed by atoms with Crippen molar-refractivity contribution in [2.24, 2.45) is 0 Å². The largest absolute Gasteiger partial charge is 0.433 e. The number of halogens is 6. The zero-order chi connectivity index (χ0) is 22.4. The maximum Gasteiger partial charge on any atom is 0.433 e. The van der Waals surface area contributed by atoms with Gasteiger partial charge in [-0.2, -0.15) is 26.3 Å². The second-order valence-electron chi connectivity index (χ2n) is 6.63. The van der Waals surface area contributed by atoms with Crippen LogP contribution < -0.4 is 0 Å². The van der Waals surface area contributed by atoms with Crippen LogP contribution in [0.3, 0.4) is 0 Å². The molecule has 0 aliphatic rings. The van der Waals surface area contributed by atoms with E-state index in [1.54, 1.807) is 18.2 Å². The summed E-state index contributed by atoms with van der Waals surface area (Å²) < 4.78 is 76.6. The van der Waals surface area contributed by atoms with Gasteiger partial charge in [-0.3, -0.25) is 9.78 Å². The van der Waals surface area contributed by atoms with E-state index in [1.165, 1.54) is 18.3 Å². The van der Waals surface area contributed by atoms with Crippen molar-refractivity contribution < 1.29 is 31.1 Å². The second-order valence-corrected chi connectivity index (χ2v) is 6.63. The number of ketones is 1. The molecule has 0 saturated carbocycles. The van der Waals surface area contributed by atoms with Crippen LogP contribution >= 0.6 is 0 Å². The van der Waals surface area contributed by atoms with Crippen molar-refractivity contribution in [1.82, 2.24) is 15.0 Å². The van der Waals surface area contributed by atoms with Crippen molar-refractivity contribution in [3.63, 3.8) is 0 Å². The lowest BCUT2D eigenvalue weighted by molar-refractivity contribution is -0.142. The van der Waals surface area contributed by atoms with E-state index in [1.807, 2.05) is 0 Å². The van der Waals surface area contributed by atoms with Crippen LogP contribution in [0.4, 0.5) is 26.3 Å². The van der Waals surface area contributed by atoms with Gasteiger partial charge in [0.05, 0.1) is 0 Å². The van der Waals surface area contributed by atoms with E-state index in [0.717, 1.165) is 24.4 Å². The maximum atomic E-state index is 12.9. The minimum absolute atomic E-state index is 0.124. The van der Waals surface area contributed by atoms with Gasteiger partial charge in [0.25, 0.3) is 0 Å². The number of benzene rings is 1. The number of rotatable bonds is 3. The van der Waals surface area contributed by atoms with Crippen molar-refractivity contribution in [2.75, 3.05) is 0 Å². The van der Waals surface area contributed by atoms with E-state index < -0.39 is 29.5 Å². The molecular weight excluding hydrogens is 424 g/mol. The maximum absolute atomic E-state index is 12.9. The summed E-state index contributed by atoms with van der Waals surface area (Å²) in [6.45, 7) is 0. The van der Waals surface area contributed by atoms with Gasteiger partial charge in [-0.1, -0.05) is 24.3 Å². The van der Waals surface area contributed by atoms with Gasteiger partial charge >= 0.3 is 12.4 Å². The van der Waals surface area contributed by atoms with Crippen molar-refractivity contribution in [2.45, 2.75) is 12.4 Å². The van der Waals surface area contributed by atoms with Gasteiger partial charge in [-0.25, -0.2) is 4.98 Å². The number of H-pyrrole nitrogens is 1. The number of aromatic nitrogens is 3. The van der Waals surface area contributed by atoms with Crippen molar-refractivity contribution >= 4 is 16.7 Å². The summed E-state index contributed by atoms with van der Waals surface area (Å²) >= 11 is 0. The topological polar surface area (TPSA) is 58.6 Å². The van der Waals surface area contributed by atoms with Crippen LogP contribution in [0.1, 0.15) is 27.4 Å². The Kier molecular flexibility index (Phi) is 4.79. The summed E-state index contributed by atoms with van der Waals surface area (Å²) in [5.41, 5.74) is -0.962. The second kappa shape index (κ2) is 7.22. The summed E-state index contributed by atoms with van der Waals surface area (Å²) in [5, 5.41) is 0.438. The molecule has 1 N–H and O–H groups in total. The molecule has 4 nitrogen and oxygen atoms in total. The first-order valence-corrected chi connectivity index (χ1v) is 8.78. The third-order valence-corrected chi connectivity index (χ3v) is 4.59. The fourth-order valence-corrected chi connectivity index (χ4v) is 3.08. The van der Waals surface area contributed by atoms with Gasteiger partial charge in [0.15, 0.2) is 0 Å². The number of nitrogens with one attached hydrogen (secondary N) is 1. The van der Waals surface area contributed by atoms with Crippen molar-refractivity contribution in [3.05, 3.63) is 83.6 Å². The average Bonchev–Trinajstić information content (AvgIpc) is 3.15. The Morgan fingerprint density at radius 3 is 2.19 bits per heavy atom. The lowest BCUT2D eigenvalue weighted by Crippen LogP contribution is -2.12. The van der Waals surface area contributed by atoms with Gasteiger partial charge < -0.3 is 4.98 Å². The minimum atomic E-state index is -4.68. The molecule has 0 saturated heterocycles. The highest BCUT2D eigenvalue weighted by Crippen LogP contribution is 2.31. The molecule has 158 valence electrons. The van der Waals surface area contributed by atoms with E-state index in [4.69, 9.17) is 0 Å². The number of pyridine rings is 2. The van der Waals surface area contributed by atoms with E-state index in [2.05, 4.69) is 15.0 Å². The smallest absolute Gasteiger partial charge is 0.360 e. The molecule has 0 bridgehead atoms. The third-order valence-electron chi connectivity index (χ3n) is 4.59. The molecule has 0 fully saturated rings. The fourth-order valence-electron chi connectivity index (χ4n) is 3.08. The van der Waals surface area contributed by atoms with Gasteiger partial charge in [-0.05, 0) is 29.8 Å². The third kappa shape index (κ3) is 4.00. The molecule has 10 heteroatoms. The fraction of sp³-hybridized carbons (Fsp3) is 0.0952. The highest BCUT2D eigenvalue weighted by atomic mass is 19.4. The minimum Gasteiger partial charge on any atom is -0.360 e. The van der Waals surface area contributed by atoms with Crippen LogP contribution in [0.5, 0.6) is 0 Å². The molecule has 31 heavy (non-hydrogen) atoms. The van der Waals surface area contributed by atoms with Crippen LogP contribution in [0, 0.1) is 0 Å². The molecule has 4 aromatic rings. The number of hydrogen-bond acceptors (Lipinski definition) is 3. The lowest BCUT2D eigenvalue weighted by atomic mass is 10.0. The van der Waals surface area contributed by atoms with E-state index >= 15 is 0 Å². The van der Waals surface area contributed by atoms with E-state index in [-0.39, 0.29) is 11.3 Å². The molecule has 0 atom stereocenters. The molecule has 0 amide bonds. The zero-order valence-corrected chi connectivity index (χ0v) is 15.3. The van der Waals surface area contributed by atoms with E-state index in [9.17, 15) is 31.1 Å². The molecule has 3 aromatic heterocycles. The average molecular weight is 435 g/mol. The summed E-state index contributed by atoms with van der Waals surface area (Å²) in [4.78, 5) is 22.4. The van der Waals surface area contributed by atoms with E-state index in [0.29, 0.717) is 22.0 Å². The van der Waals surface area contributed by atoms with Gasteiger partial charge in [0.2, 0.25) is 5.78 Å². The number of alkyl halides is 6. The highest BCUT2D eigenvalue weighted by molar-refractivity contribution is 6.15. The Balaban J connectivity index is 1.67. The Morgan fingerprint density at radius 2 is 1.55 bits per heavy atom. The summed E-state index contributed by atoms with van der Waals surface area (Å²) in [6.07, 6.45) is -6.79. The van der Waals surface area contributed by atoms with Crippen molar-refractivity contribution in [1.29, 1.82) is 0 Å². The quantitative estimate of drug-likeness (QED) is 0.322. The normalized spacial score (nSPS) is 12.3. The first-order chi connectivity index (χ1) is 14.5. The number of carbonyl (C=O) groups excluding carboxylic acids is 1. The predicted molar refractivity (Wildman–Crippen MR) is 99.2 cm³/mol. The highest BCUT2D eigenvalue weighted by Gasteiger charge is 2.33. The summed E-state index contributed by atoms with van der Waals surface area (Å²) in [7, 11) is 0. The molecule has 0 aliphatic carbocycles. The Morgan fingerprint density at radius 1 is 0.839 bits per heavy atom. The summed E-state index contributed by atoms with van der Waals surface area (Å²) in [6, 6.07) is 9.95. The number of fused-ring (bicyclic) bond motifs is 1. The predicted octanol–water partition coefficient (Wildman–Crippen LogP) is 5.89. The van der Waals surface area contributed by atoms with Crippen LogP contribution in [0.2, 0.25) is 0 Å². The van der Waals surface area contributed by atoms with Crippen LogP contribution in [0.25, 0.3) is 22.0 Å². The number of nitrogens with zero attached hydrogens (tertiary/aromatic N) is 2. The molecule has 3 heterocycles. The lowest BCUT2D eigenvalue weighted by Gasteiger charge is -2.07. The zero-order valence-electron chi connectivity index (χ0n) is 15.3. The van der Waals surface area contributed by atoms with Crippen molar-refractivity contribution in [3.8, 4) is 11.1 Å². The first-order valence-electron chi connectivity index (χ1n) is 8.78. The van der Waals surface area contributed by atoms with Crippen LogP contribution in [-0.4, -0.2) is 20.7 Å². The first kappa shape index (κ1) is 20.6. The Labute approximate surface area is 170 Å². The molecular formula is C21H11F6N3O.